The fraction of sp³-hybridized carbons (Fsp3) is 0.357. The number of fused-ring (bicyclic) bond motifs is 1. The van der Waals surface area contributed by atoms with Gasteiger partial charge in [0.1, 0.15) is 0 Å². The van der Waals surface area contributed by atoms with Gasteiger partial charge in [0.15, 0.2) is 0 Å². The molecule has 1 aliphatic heterocycles. The van der Waals surface area contributed by atoms with E-state index >= 15 is 0 Å². The van der Waals surface area contributed by atoms with Crippen molar-refractivity contribution in [2.24, 2.45) is 7.05 Å². The predicted molar refractivity (Wildman–Crippen MR) is 73.6 cm³/mol. The number of hydrogen-bond acceptors (Lipinski definition) is 3. The zero-order valence-corrected chi connectivity index (χ0v) is 10.8. The van der Waals surface area contributed by atoms with Crippen molar-refractivity contribution in [1.82, 2.24) is 9.78 Å². The second kappa shape index (κ2) is 4.05. The lowest BCUT2D eigenvalue weighted by molar-refractivity contribution is 0.684. The molecule has 1 aliphatic rings. The van der Waals surface area contributed by atoms with E-state index in [0.29, 0.717) is 0 Å². The van der Waals surface area contributed by atoms with E-state index in [9.17, 15) is 0 Å². The van der Waals surface area contributed by atoms with Gasteiger partial charge in [-0.1, -0.05) is 6.07 Å². The van der Waals surface area contributed by atoms with Gasteiger partial charge in [0.2, 0.25) is 0 Å². The maximum Gasteiger partial charge on any atom is 0.0599 e. The summed E-state index contributed by atoms with van der Waals surface area (Å²) in [6.07, 6.45) is 1.04. The van der Waals surface area contributed by atoms with Gasteiger partial charge in [-0.05, 0) is 31.5 Å². The first-order valence-electron chi connectivity index (χ1n) is 6.27. The number of rotatable bonds is 2. The molecule has 0 saturated carbocycles. The first-order chi connectivity index (χ1) is 8.65. The lowest BCUT2D eigenvalue weighted by atomic mass is 10.1. The van der Waals surface area contributed by atoms with Gasteiger partial charge in [0.05, 0.1) is 17.9 Å². The number of aryl methyl sites for hydroxylation is 2. The van der Waals surface area contributed by atoms with E-state index in [-0.39, 0.29) is 0 Å². The summed E-state index contributed by atoms with van der Waals surface area (Å²) in [4.78, 5) is 2.38. The Morgan fingerprint density at radius 3 is 2.94 bits per heavy atom. The monoisotopic (exact) mass is 242 g/mol. The summed E-state index contributed by atoms with van der Waals surface area (Å²) in [7, 11) is 2.00. The molecule has 0 radical (unpaired) electrons. The van der Waals surface area contributed by atoms with Gasteiger partial charge < -0.3 is 10.6 Å². The van der Waals surface area contributed by atoms with Crippen LogP contribution in [0.3, 0.4) is 0 Å². The number of benzene rings is 1. The number of nitrogens with two attached hydrogens (primary N) is 1. The first-order valence-corrected chi connectivity index (χ1v) is 6.27. The van der Waals surface area contributed by atoms with Gasteiger partial charge in [0.25, 0.3) is 0 Å². The third kappa shape index (κ3) is 1.74. The Labute approximate surface area is 107 Å². The first kappa shape index (κ1) is 11.1. The smallest absolute Gasteiger partial charge is 0.0599 e. The van der Waals surface area contributed by atoms with Crippen molar-refractivity contribution in [2.45, 2.75) is 19.9 Å². The summed E-state index contributed by atoms with van der Waals surface area (Å²) >= 11 is 0. The second-order valence-electron chi connectivity index (χ2n) is 4.92. The number of nitrogen functional groups attached to an aromatic ring is 1. The Bertz CT molecular complexity index is 585. The van der Waals surface area contributed by atoms with Crippen LogP contribution in [0.25, 0.3) is 0 Å². The minimum Gasteiger partial charge on any atom is -0.398 e. The molecule has 1 aromatic carbocycles. The average Bonchev–Trinajstić information content (AvgIpc) is 2.86. The van der Waals surface area contributed by atoms with E-state index in [2.05, 4.69) is 22.1 Å². The molecule has 2 N–H and O–H groups in total. The number of hydrogen-bond donors (Lipinski definition) is 1. The summed E-state index contributed by atoms with van der Waals surface area (Å²) in [6.45, 7) is 3.96. The van der Waals surface area contributed by atoms with Gasteiger partial charge in [-0.3, -0.25) is 4.68 Å². The summed E-state index contributed by atoms with van der Waals surface area (Å²) in [5.41, 5.74) is 11.8. The normalized spacial score (nSPS) is 14.0. The molecule has 2 aromatic rings. The molecule has 0 bridgehead atoms. The van der Waals surface area contributed by atoms with Gasteiger partial charge >= 0.3 is 0 Å². The van der Waals surface area contributed by atoms with E-state index in [1.807, 2.05) is 30.8 Å². The van der Waals surface area contributed by atoms with Crippen LogP contribution in [-0.4, -0.2) is 16.3 Å². The SMILES string of the molecule is Cc1cc(CN2CCc3c(N)cccc32)n(C)n1. The fourth-order valence-electron chi connectivity index (χ4n) is 2.70. The fourth-order valence-corrected chi connectivity index (χ4v) is 2.70. The highest BCUT2D eigenvalue weighted by atomic mass is 15.3. The molecule has 4 heteroatoms. The Kier molecular flexibility index (Phi) is 2.51. The molecule has 0 atom stereocenters. The minimum absolute atomic E-state index is 0.897. The summed E-state index contributed by atoms with van der Waals surface area (Å²) in [6, 6.07) is 8.31. The largest absolute Gasteiger partial charge is 0.398 e. The van der Waals surface area contributed by atoms with E-state index < -0.39 is 0 Å². The molecule has 0 unspecified atom stereocenters. The van der Waals surface area contributed by atoms with Crippen molar-refractivity contribution in [1.29, 1.82) is 0 Å². The van der Waals surface area contributed by atoms with E-state index in [4.69, 9.17) is 5.73 Å². The third-order valence-corrected chi connectivity index (χ3v) is 3.61. The highest BCUT2D eigenvalue weighted by Gasteiger charge is 2.21. The lowest BCUT2D eigenvalue weighted by Gasteiger charge is -2.19. The topological polar surface area (TPSA) is 47.1 Å². The van der Waals surface area contributed by atoms with Crippen LogP contribution in [0.4, 0.5) is 11.4 Å². The van der Waals surface area contributed by atoms with Crippen molar-refractivity contribution >= 4 is 11.4 Å². The van der Waals surface area contributed by atoms with E-state index in [0.717, 1.165) is 30.9 Å². The predicted octanol–water partition coefficient (Wildman–Crippen LogP) is 1.87. The molecule has 3 rings (SSSR count). The molecular formula is C14H18N4. The van der Waals surface area contributed by atoms with Crippen molar-refractivity contribution in [3.8, 4) is 0 Å². The van der Waals surface area contributed by atoms with Crippen LogP contribution in [0.2, 0.25) is 0 Å². The Morgan fingerprint density at radius 1 is 1.39 bits per heavy atom. The van der Waals surface area contributed by atoms with Crippen LogP contribution >= 0.6 is 0 Å². The highest BCUT2D eigenvalue weighted by molar-refractivity contribution is 5.68. The number of anilines is 2. The molecule has 0 fully saturated rings. The van der Waals surface area contributed by atoms with Crippen molar-refractivity contribution in [3.05, 3.63) is 41.2 Å². The van der Waals surface area contributed by atoms with Crippen LogP contribution < -0.4 is 10.6 Å². The summed E-state index contributed by atoms with van der Waals surface area (Å²) < 4.78 is 1.96. The molecule has 0 amide bonds. The van der Waals surface area contributed by atoms with Crippen LogP contribution in [0.15, 0.2) is 24.3 Å². The molecule has 0 aliphatic carbocycles. The van der Waals surface area contributed by atoms with Gasteiger partial charge in [-0.15, -0.1) is 0 Å². The summed E-state index contributed by atoms with van der Waals surface area (Å²) in [5, 5.41) is 4.39. The molecule has 4 nitrogen and oxygen atoms in total. The van der Waals surface area contributed by atoms with Gasteiger partial charge in [0, 0.05) is 30.5 Å². The van der Waals surface area contributed by atoms with Gasteiger partial charge in [-0.25, -0.2) is 0 Å². The number of aromatic nitrogens is 2. The Morgan fingerprint density at radius 2 is 2.22 bits per heavy atom. The van der Waals surface area contributed by atoms with Crippen molar-refractivity contribution in [2.75, 3.05) is 17.2 Å². The maximum absolute atomic E-state index is 6.02. The molecule has 18 heavy (non-hydrogen) atoms. The highest BCUT2D eigenvalue weighted by Crippen LogP contribution is 2.32. The van der Waals surface area contributed by atoms with Crippen LogP contribution in [0.1, 0.15) is 17.0 Å². The van der Waals surface area contributed by atoms with Crippen LogP contribution in [-0.2, 0) is 20.0 Å². The third-order valence-electron chi connectivity index (χ3n) is 3.61. The zero-order chi connectivity index (χ0) is 12.7. The molecule has 2 heterocycles. The molecule has 94 valence electrons. The molecule has 1 aromatic heterocycles. The second-order valence-corrected chi connectivity index (χ2v) is 4.92. The molecule has 0 spiro atoms. The van der Waals surface area contributed by atoms with Gasteiger partial charge in [-0.2, -0.15) is 5.10 Å². The molecular weight excluding hydrogens is 224 g/mol. The zero-order valence-electron chi connectivity index (χ0n) is 10.8. The number of nitrogens with zero attached hydrogens (tertiary/aromatic N) is 3. The quantitative estimate of drug-likeness (QED) is 0.818. The van der Waals surface area contributed by atoms with Crippen LogP contribution in [0.5, 0.6) is 0 Å². The Balaban J connectivity index is 1.89. The summed E-state index contributed by atoms with van der Waals surface area (Å²) in [5.74, 6) is 0. The molecule has 0 saturated heterocycles. The minimum atomic E-state index is 0.897. The average molecular weight is 242 g/mol. The van der Waals surface area contributed by atoms with Crippen molar-refractivity contribution < 1.29 is 0 Å². The van der Waals surface area contributed by atoms with E-state index in [1.165, 1.54) is 16.9 Å². The standard InChI is InChI=1S/C14H18N4/c1-10-8-11(17(2)16-10)9-18-7-6-12-13(15)4-3-5-14(12)18/h3-5,8H,6-7,9,15H2,1-2H3. The van der Waals surface area contributed by atoms with E-state index in [1.54, 1.807) is 0 Å². The maximum atomic E-state index is 6.02. The van der Waals surface area contributed by atoms with Crippen LogP contribution in [0, 0.1) is 6.92 Å². The Hall–Kier alpha value is -1.97. The van der Waals surface area contributed by atoms with Crippen molar-refractivity contribution in [3.63, 3.8) is 0 Å². The lowest BCUT2D eigenvalue weighted by Crippen LogP contribution is -2.21.